The summed E-state index contributed by atoms with van der Waals surface area (Å²) in [5.74, 6) is 0. The van der Waals surface area contributed by atoms with Gasteiger partial charge in [-0.1, -0.05) is 31.9 Å². The minimum atomic E-state index is 0.381. The molecule has 0 bridgehead atoms. The van der Waals surface area contributed by atoms with Gasteiger partial charge < -0.3 is 5.32 Å². The SMILES string of the molecule is Cc1nc(Cl)ccc1NC1CCCC1(C)C. The van der Waals surface area contributed by atoms with Crippen LogP contribution in [-0.2, 0) is 0 Å². The zero-order valence-corrected chi connectivity index (χ0v) is 10.9. The predicted molar refractivity (Wildman–Crippen MR) is 69.0 cm³/mol. The van der Waals surface area contributed by atoms with Gasteiger partial charge in [0.05, 0.1) is 11.4 Å². The Kier molecular flexibility index (Phi) is 3.11. The first-order valence-electron chi connectivity index (χ1n) is 5.89. The van der Waals surface area contributed by atoms with Gasteiger partial charge in [0, 0.05) is 6.04 Å². The number of anilines is 1. The van der Waals surface area contributed by atoms with Crippen LogP contribution in [-0.4, -0.2) is 11.0 Å². The van der Waals surface area contributed by atoms with Crippen molar-refractivity contribution in [2.45, 2.75) is 46.1 Å². The molecule has 1 unspecified atom stereocenters. The Hall–Kier alpha value is -0.760. The lowest BCUT2D eigenvalue weighted by molar-refractivity contribution is 0.350. The van der Waals surface area contributed by atoms with Crippen LogP contribution in [0.3, 0.4) is 0 Å². The molecule has 1 fully saturated rings. The van der Waals surface area contributed by atoms with Crippen LogP contribution < -0.4 is 5.32 Å². The van der Waals surface area contributed by atoms with Gasteiger partial charge in [0.1, 0.15) is 5.15 Å². The van der Waals surface area contributed by atoms with E-state index < -0.39 is 0 Å². The molecule has 1 heterocycles. The summed E-state index contributed by atoms with van der Waals surface area (Å²) in [6.45, 7) is 6.66. The summed E-state index contributed by atoms with van der Waals surface area (Å²) in [7, 11) is 0. The maximum atomic E-state index is 5.85. The van der Waals surface area contributed by atoms with Crippen LogP contribution >= 0.6 is 11.6 Å². The summed E-state index contributed by atoms with van der Waals surface area (Å²) in [6.07, 6.45) is 3.85. The molecule has 2 rings (SSSR count). The maximum absolute atomic E-state index is 5.85. The second kappa shape index (κ2) is 4.25. The zero-order chi connectivity index (χ0) is 11.8. The average molecular weight is 239 g/mol. The van der Waals surface area contributed by atoms with E-state index in [-0.39, 0.29) is 0 Å². The molecule has 1 N–H and O–H groups in total. The van der Waals surface area contributed by atoms with Gasteiger partial charge in [-0.3, -0.25) is 0 Å². The van der Waals surface area contributed by atoms with Crippen molar-refractivity contribution in [3.05, 3.63) is 23.0 Å². The van der Waals surface area contributed by atoms with Gasteiger partial charge in [0.25, 0.3) is 0 Å². The molecule has 0 saturated heterocycles. The molecule has 1 aromatic heterocycles. The Balaban J connectivity index is 2.15. The Morgan fingerprint density at radius 2 is 2.19 bits per heavy atom. The van der Waals surface area contributed by atoms with E-state index in [1.165, 1.54) is 19.3 Å². The van der Waals surface area contributed by atoms with Gasteiger partial charge in [-0.15, -0.1) is 0 Å². The van der Waals surface area contributed by atoms with Crippen LogP contribution in [0.25, 0.3) is 0 Å². The first-order valence-corrected chi connectivity index (χ1v) is 6.26. The van der Waals surface area contributed by atoms with Crippen molar-refractivity contribution in [3.63, 3.8) is 0 Å². The third-order valence-corrected chi connectivity index (χ3v) is 3.85. The maximum Gasteiger partial charge on any atom is 0.129 e. The minimum absolute atomic E-state index is 0.381. The smallest absolute Gasteiger partial charge is 0.129 e. The van der Waals surface area contributed by atoms with Crippen LogP contribution in [0.2, 0.25) is 5.15 Å². The largest absolute Gasteiger partial charge is 0.380 e. The molecule has 1 atom stereocenters. The average Bonchev–Trinajstić information content (AvgIpc) is 2.50. The molecule has 1 aliphatic carbocycles. The lowest BCUT2D eigenvalue weighted by Gasteiger charge is -2.29. The lowest BCUT2D eigenvalue weighted by atomic mass is 9.87. The molecule has 0 aliphatic heterocycles. The summed E-state index contributed by atoms with van der Waals surface area (Å²) in [5, 5.41) is 4.17. The van der Waals surface area contributed by atoms with E-state index in [1.807, 2.05) is 19.1 Å². The van der Waals surface area contributed by atoms with E-state index in [0.717, 1.165) is 11.4 Å². The van der Waals surface area contributed by atoms with Crippen LogP contribution in [0.1, 0.15) is 38.8 Å². The van der Waals surface area contributed by atoms with Crippen molar-refractivity contribution in [1.82, 2.24) is 4.98 Å². The molecule has 0 aromatic carbocycles. The molecule has 0 radical (unpaired) electrons. The number of halogens is 1. The standard InChI is InChI=1S/C13H19ClN2/c1-9-10(6-7-12(14)15-9)16-11-5-4-8-13(11,2)3/h6-7,11,16H,4-5,8H2,1-3H3. The highest BCUT2D eigenvalue weighted by Gasteiger charge is 2.34. The highest BCUT2D eigenvalue weighted by atomic mass is 35.5. The number of rotatable bonds is 2. The first kappa shape index (κ1) is 11.7. The van der Waals surface area contributed by atoms with E-state index in [9.17, 15) is 0 Å². The monoisotopic (exact) mass is 238 g/mol. The lowest BCUT2D eigenvalue weighted by Crippen LogP contribution is -2.31. The Bertz CT molecular complexity index is 388. The van der Waals surface area contributed by atoms with Crippen LogP contribution in [0, 0.1) is 12.3 Å². The quantitative estimate of drug-likeness (QED) is 0.787. The summed E-state index contributed by atoms with van der Waals surface area (Å²) in [5.41, 5.74) is 2.48. The Labute approximate surface area is 102 Å². The number of pyridine rings is 1. The van der Waals surface area contributed by atoms with Gasteiger partial charge in [0.15, 0.2) is 0 Å². The molecule has 3 heteroatoms. The Morgan fingerprint density at radius 1 is 1.44 bits per heavy atom. The molecular formula is C13H19ClN2. The van der Waals surface area contributed by atoms with E-state index >= 15 is 0 Å². The zero-order valence-electron chi connectivity index (χ0n) is 10.2. The summed E-state index contributed by atoms with van der Waals surface area (Å²) >= 11 is 5.85. The van der Waals surface area contributed by atoms with Crippen molar-refractivity contribution >= 4 is 17.3 Å². The molecule has 1 aliphatic rings. The van der Waals surface area contributed by atoms with Crippen molar-refractivity contribution < 1.29 is 0 Å². The summed E-state index contributed by atoms with van der Waals surface area (Å²) in [6, 6.07) is 4.42. The second-order valence-electron chi connectivity index (χ2n) is 5.34. The third kappa shape index (κ3) is 2.32. The summed E-state index contributed by atoms with van der Waals surface area (Å²) < 4.78 is 0. The van der Waals surface area contributed by atoms with Crippen molar-refractivity contribution in [3.8, 4) is 0 Å². The summed E-state index contributed by atoms with van der Waals surface area (Å²) in [4.78, 5) is 4.27. The normalized spacial score (nSPS) is 23.4. The van der Waals surface area contributed by atoms with Crippen molar-refractivity contribution in [2.75, 3.05) is 5.32 Å². The van der Waals surface area contributed by atoms with E-state index in [2.05, 4.69) is 24.1 Å². The van der Waals surface area contributed by atoms with Gasteiger partial charge in [0.2, 0.25) is 0 Å². The minimum Gasteiger partial charge on any atom is -0.380 e. The van der Waals surface area contributed by atoms with E-state index in [4.69, 9.17) is 11.6 Å². The fourth-order valence-corrected chi connectivity index (χ4v) is 2.65. The number of hydrogen-bond donors (Lipinski definition) is 1. The van der Waals surface area contributed by atoms with Gasteiger partial charge in [-0.05, 0) is 37.3 Å². The van der Waals surface area contributed by atoms with Gasteiger partial charge >= 0.3 is 0 Å². The van der Waals surface area contributed by atoms with Gasteiger partial charge in [-0.25, -0.2) is 4.98 Å². The van der Waals surface area contributed by atoms with Crippen LogP contribution in [0.5, 0.6) is 0 Å². The molecule has 16 heavy (non-hydrogen) atoms. The van der Waals surface area contributed by atoms with E-state index in [0.29, 0.717) is 16.6 Å². The molecule has 1 aromatic rings. The van der Waals surface area contributed by atoms with Gasteiger partial charge in [-0.2, -0.15) is 0 Å². The van der Waals surface area contributed by atoms with Crippen molar-refractivity contribution in [1.29, 1.82) is 0 Å². The number of hydrogen-bond acceptors (Lipinski definition) is 2. The molecule has 0 amide bonds. The van der Waals surface area contributed by atoms with Crippen molar-refractivity contribution in [2.24, 2.45) is 5.41 Å². The fourth-order valence-electron chi connectivity index (χ4n) is 2.46. The molecule has 0 spiro atoms. The first-order chi connectivity index (χ1) is 7.49. The number of nitrogens with one attached hydrogen (secondary N) is 1. The molecular weight excluding hydrogens is 220 g/mol. The van der Waals surface area contributed by atoms with E-state index in [1.54, 1.807) is 0 Å². The van der Waals surface area contributed by atoms with Crippen LogP contribution in [0.4, 0.5) is 5.69 Å². The fraction of sp³-hybridized carbons (Fsp3) is 0.615. The predicted octanol–water partition coefficient (Wildman–Crippen LogP) is 4.03. The second-order valence-corrected chi connectivity index (χ2v) is 5.73. The third-order valence-electron chi connectivity index (χ3n) is 3.64. The topological polar surface area (TPSA) is 24.9 Å². The highest BCUT2D eigenvalue weighted by molar-refractivity contribution is 6.29. The highest BCUT2D eigenvalue weighted by Crippen LogP contribution is 2.39. The molecule has 2 nitrogen and oxygen atoms in total. The molecule has 1 saturated carbocycles. The number of nitrogens with zero attached hydrogens (tertiary/aromatic N) is 1. The Morgan fingerprint density at radius 3 is 2.75 bits per heavy atom. The van der Waals surface area contributed by atoms with Crippen LogP contribution in [0.15, 0.2) is 12.1 Å². The number of aromatic nitrogens is 1. The molecule has 88 valence electrons. The number of aryl methyl sites for hydroxylation is 1.